The smallest absolute Gasteiger partial charge is 0.251 e. The number of nitrogens with zero attached hydrogens (tertiary/aromatic N) is 1. The van der Waals surface area contributed by atoms with Crippen molar-refractivity contribution < 1.29 is 13.2 Å². The van der Waals surface area contributed by atoms with Crippen LogP contribution in [0.5, 0.6) is 0 Å². The summed E-state index contributed by atoms with van der Waals surface area (Å²) in [5.41, 5.74) is 2.95. The van der Waals surface area contributed by atoms with E-state index in [2.05, 4.69) is 17.4 Å². The minimum absolute atomic E-state index is 0.0178. The van der Waals surface area contributed by atoms with Crippen LogP contribution in [-0.4, -0.2) is 31.7 Å². The molecule has 6 heteroatoms. The first-order valence-electron chi connectivity index (χ1n) is 10.0. The van der Waals surface area contributed by atoms with E-state index in [9.17, 15) is 13.2 Å². The van der Waals surface area contributed by atoms with Gasteiger partial charge in [0, 0.05) is 18.7 Å². The molecule has 148 valence electrons. The van der Waals surface area contributed by atoms with Crippen molar-refractivity contribution in [1.29, 1.82) is 0 Å². The molecule has 0 spiro atoms. The third kappa shape index (κ3) is 3.84. The van der Waals surface area contributed by atoms with Crippen LogP contribution in [-0.2, 0) is 16.4 Å². The summed E-state index contributed by atoms with van der Waals surface area (Å²) in [5, 5.41) is 3.08. The predicted molar refractivity (Wildman–Crippen MR) is 109 cm³/mol. The number of carbonyl (C=O) groups is 1. The van der Waals surface area contributed by atoms with Crippen LogP contribution in [0.2, 0.25) is 0 Å². The summed E-state index contributed by atoms with van der Waals surface area (Å²) in [5.74, 6) is -0.166. The Kier molecular flexibility index (Phi) is 5.51. The minimum atomic E-state index is -3.49. The molecule has 1 saturated heterocycles. The number of aryl methyl sites for hydroxylation is 1. The van der Waals surface area contributed by atoms with Gasteiger partial charge in [-0.25, -0.2) is 8.42 Å². The van der Waals surface area contributed by atoms with E-state index in [4.69, 9.17) is 0 Å². The molecule has 1 heterocycles. The Morgan fingerprint density at radius 2 is 1.61 bits per heavy atom. The molecule has 1 aliphatic carbocycles. The van der Waals surface area contributed by atoms with E-state index >= 15 is 0 Å². The average molecular weight is 399 g/mol. The largest absolute Gasteiger partial charge is 0.345 e. The van der Waals surface area contributed by atoms with Gasteiger partial charge < -0.3 is 5.32 Å². The SMILES string of the molecule is O=C(NC1CCc2ccccc21)c1ccc(S(=O)(=O)N2CCCCCC2)cc1. The third-order valence-electron chi connectivity index (χ3n) is 5.76. The van der Waals surface area contributed by atoms with E-state index in [-0.39, 0.29) is 16.8 Å². The number of rotatable bonds is 4. The van der Waals surface area contributed by atoms with Crippen molar-refractivity contribution in [3.63, 3.8) is 0 Å². The first kappa shape index (κ1) is 19.2. The molecule has 1 N–H and O–H groups in total. The maximum Gasteiger partial charge on any atom is 0.251 e. The third-order valence-corrected chi connectivity index (χ3v) is 7.67. The van der Waals surface area contributed by atoms with E-state index in [0.717, 1.165) is 38.5 Å². The Bertz CT molecular complexity index is 946. The van der Waals surface area contributed by atoms with Crippen LogP contribution in [0.25, 0.3) is 0 Å². The second-order valence-electron chi connectivity index (χ2n) is 7.61. The predicted octanol–water partition coefficient (Wildman–Crippen LogP) is 3.67. The molecular weight excluding hydrogens is 372 g/mol. The van der Waals surface area contributed by atoms with Crippen molar-refractivity contribution in [2.45, 2.75) is 49.5 Å². The first-order chi connectivity index (χ1) is 13.6. The quantitative estimate of drug-likeness (QED) is 0.855. The lowest BCUT2D eigenvalue weighted by Gasteiger charge is -2.20. The van der Waals surface area contributed by atoms with Crippen molar-refractivity contribution in [3.8, 4) is 0 Å². The van der Waals surface area contributed by atoms with Gasteiger partial charge in [0.2, 0.25) is 10.0 Å². The molecular formula is C22H26N2O3S. The number of hydrogen-bond donors (Lipinski definition) is 1. The van der Waals surface area contributed by atoms with Gasteiger partial charge in [0.25, 0.3) is 5.91 Å². The summed E-state index contributed by atoms with van der Waals surface area (Å²) < 4.78 is 27.3. The molecule has 2 aliphatic rings. The van der Waals surface area contributed by atoms with Crippen LogP contribution in [0.3, 0.4) is 0 Å². The van der Waals surface area contributed by atoms with Gasteiger partial charge >= 0.3 is 0 Å². The Morgan fingerprint density at radius 1 is 0.929 bits per heavy atom. The number of nitrogens with one attached hydrogen (secondary N) is 1. The highest BCUT2D eigenvalue weighted by atomic mass is 32.2. The van der Waals surface area contributed by atoms with Crippen molar-refractivity contribution in [2.24, 2.45) is 0 Å². The topological polar surface area (TPSA) is 66.5 Å². The molecule has 28 heavy (non-hydrogen) atoms. The summed E-state index contributed by atoms with van der Waals surface area (Å²) in [7, 11) is -3.49. The van der Waals surface area contributed by atoms with E-state index in [1.54, 1.807) is 28.6 Å². The van der Waals surface area contributed by atoms with Gasteiger partial charge in [0.05, 0.1) is 10.9 Å². The molecule has 2 aromatic carbocycles. The molecule has 0 radical (unpaired) electrons. The van der Waals surface area contributed by atoms with Crippen LogP contribution in [0.4, 0.5) is 0 Å². The Morgan fingerprint density at radius 3 is 2.32 bits per heavy atom. The molecule has 2 aromatic rings. The summed E-state index contributed by atoms with van der Waals surface area (Å²) in [6.45, 7) is 1.15. The van der Waals surface area contributed by atoms with Gasteiger partial charge in [-0.1, -0.05) is 37.1 Å². The molecule has 1 amide bonds. The normalized spacial score (nSPS) is 20.4. The molecule has 1 atom stereocenters. The monoisotopic (exact) mass is 398 g/mol. The first-order valence-corrected chi connectivity index (χ1v) is 11.5. The summed E-state index contributed by atoms with van der Waals surface area (Å²) in [6, 6.07) is 14.5. The van der Waals surface area contributed by atoms with Crippen molar-refractivity contribution in [2.75, 3.05) is 13.1 Å². The molecule has 0 aromatic heterocycles. The van der Waals surface area contributed by atoms with E-state index in [0.29, 0.717) is 18.7 Å². The van der Waals surface area contributed by atoms with Crippen LogP contribution < -0.4 is 5.32 Å². The number of fused-ring (bicyclic) bond motifs is 1. The number of hydrogen-bond acceptors (Lipinski definition) is 3. The number of amides is 1. The summed E-state index contributed by atoms with van der Waals surface area (Å²) in [4.78, 5) is 12.9. The summed E-state index contributed by atoms with van der Waals surface area (Å²) in [6.07, 6.45) is 5.83. The van der Waals surface area contributed by atoms with Crippen LogP contribution in [0, 0.1) is 0 Å². The van der Waals surface area contributed by atoms with Crippen LogP contribution in [0.1, 0.15) is 59.6 Å². The van der Waals surface area contributed by atoms with Gasteiger partial charge in [-0.15, -0.1) is 0 Å². The highest BCUT2D eigenvalue weighted by Crippen LogP contribution is 2.31. The molecule has 1 fully saturated rings. The van der Waals surface area contributed by atoms with Crippen molar-refractivity contribution >= 4 is 15.9 Å². The zero-order valence-electron chi connectivity index (χ0n) is 15.9. The second kappa shape index (κ2) is 8.05. The Hall–Kier alpha value is -2.18. The van der Waals surface area contributed by atoms with Crippen LogP contribution >= 0.6 is 0 Å². The van der Waals surface area contributed by atoms with Gasteiger partial charge in [0.15, 0.2) is 0 Å². The van der Waals surface area contributed by atoms with E-state index in [1.807, 2.05) is 12.1 Å². The maximum atomic E-state index is 12.9. The fraction of sp³-hybridized carbons (Fsp3) is 0.409. The molecule has 5 nitrogen and oxygen atoms in total. The Balaban J connectivity index is 1.46. The number of benzene rings is 2. The maximum absolute atomic E-state index is 12.9. The van der Waals surface area contributed by atoms with Crippen LogP contribution in [0.15, 0.2) is 53.4 Å². The number of sulfonamides is 1. The zero-order valence-corrected chi connectivity index (χ0v) is 16.7. The second-order valence-corrected chi connectivity index (χ2v) is 9.54. The van der Waals surface area contributed by atoms with E-state index in [1.165, 1.54) is 11.1 Å². The highest BCUT2D eigenvalue weighted by Gasteiger charge is 2.26. The van der Waals surface area contributed by atoms with Gasteiger partial charge in [0.1, 0.15) is 0 Å². The number of carbonyl (C=O) groups excluding carboxylic acids is 1. The average Bonchev–Trinajstić information content (AvgIpc) is 2.92. The molecule has 0 saturated carbocycles. The lowest BCUT2D eigenvalue weighted by atomic mass is 10.1. The zero-order chi connectivity index (χ0) is 19.6. The standard InChI is InChI=1S/C22H26N2O3S/c25-22(23-21-14-11-17-7-3-4-8-20(17)21)18-9-12-19(13-10-18)28(26,27)24-15-5-1-2-6-16-24/h3-4,7-10,12-13,21H,1-2,5-6,11,14-16H2,(H,23,25). The fourth-order valence-electron chi connectivity index (χ4n) is 4.16. The molecule has 0 bridgehead atoms. The van der Waals surface area contributed by atoms with Crippen molar-refractivity contribution in [1.82, 2.24) is 9.62 Å². The lowest BCUT2D eigenvalue weighted by Crippen LogP contribution is -2.32. The van der Waals surface area contributed by atoms with Gasteiger partial charge in [-0.05, 0) is 61.1 Å². The van der Waals surface area contributed by atoms with Crippen molar-refractivity contribution in [3.05, 3.63) is 65.2 Å². The van der Waals surface area contributed by atoms with Gasteiger partial charge in [-0.3, -0.25) is 4.79 Å². The summed E-state index contributed by atoms with van der Waals surface area (Å²) >= 11 is 0. The molecule has 1 unspecified atom stereocenters. The van der Waals surface area contributed by atoms with E-state index < -0.39 is 10.0 Å². The lowest BCUT2D eigenvalue weighted by molar-refractivity contribution is 0.0936. The molecule has 1 aliphatic heterocycles. The fourth-order valence-corrected chi connectivity index (χ4v) is 5.68. The Labute approximate surface area is 166 Å². The molecule has 4 rings (SSSR count). The highest BCUT2D eigenvalue weighted by molar-refractivity contribution is 7.89. The minimum Gasteiger partial charge on any atom is -0.345 e. The van der Waals surface area contributed by atoms with Gasteiger partial charge in [-0.2, -0.15) is 4.31 Å².